The van der Waals surface area contributed by atoms with Crippen molar-refractivity contribution in [2.75, 3.05) is 39.3 Å². The number of ether oxygens (including phenoxy) is 1. The molecule has 0 aromatic heterocycles. The van der Waals surface area contributed by atoms with E-state index >= 15 is 0 Å². The van der Waals surface area contributed by atoms with Crippen molar-refractivity contribution in [3.8, 4) is 0 Å². The van der Waals surface area contributed by atoms with Crippen LogP contribution < -0.4 is 17.0 Å². The molecule has 36 heavy (non-hydrogen) atoms. The molecule has 4 heterocycles. The Kier molecular flexibility index (Phi) is 8.60. The third-order valence-corrected chi connectivity index (χ3v) is 8.88. The van der Waals surface area contributed by atoms with Gasteiger partial charge >= 0.3 is 5.97 Å². The number of carbonyl (C=O) groups is 2. The van der Waals surface area contributed by atoms with Gasteiger partial charge in [-0.25, -0.2) is 4.79 Å². The molecule has 0 radical (unpaired) electrons. The van der Waals surface area contributed by atoms with E-state index < -0.39 is 5.54 Å². The second-order valence-electron chi connectivity index (χ2n) is 10.8. The normalized spacial score (nSPS) is 27.5. The molecule has 4 fully saturated rings. The second kappa shape index (κ2) is 11.3. The summed E-state index contributed by atoms with van der Waals surface area (Å²) in [5.41, 5.74) is 0.857. The average molecular weight is 576 g/mol. The molecule has 0 saturated carbocycles. The van der Waals surface area contributed by atoms with Gasteiger partial charge in [-0.3, -0.25) is 9.69 Å². The molecule has 0 amide bonds. The number of carbonyl (C=O) groups excluding carboxylic acids is 2. The molecule has 6 rings (SSSR count). The number of rotatable bonds is 7. The first-order valence-corrected chi connectivity index (χ1v) is 13.4. The van der Waals surface area contributed by atoms with Gasteiger partial charge in [-0.05, 0) is 50.6 Å². The summed E-state index contributed by atoms with van der Waals surface area (Å²) < 4.78 is 7.10. The highest BCUT2D eigenvalue weighted by Gasteiger charge is 2.51. The minimum atomic E-state index is -0.796. The zero-order valence-corrected chi connectivity index (χ0v) is 23.3. The van der Waals surface area contributed by atoms with Crippen molar-refractivity contribution >= 4 is 23.4 Å². The molecule has 0 aliphatic carbocycles. The summed E-state index contributed by atoms with van der Waals surface area (Å²) >= 11 is 6.13. The van der Waals surface area contributed by atoms with E-state index in [4.69, 9.17) is 16.3 Å². The van der Waals surface area contributed by atoms with Crippen molar-refractivity contribution in [2.24, 2.45) is 5.92 Å². The third-order valence-electron chi connectivity index (χ3n) is 8.65. The van der Waals surface area contributed by atoms with Crippen LogP contribution in [-0.4, -0.2) is 66.5 Å². The molecule has 0 unspecified atom stereocenters. The minimum Gasteiger partial charge on any atom is -1.00 e. The Hall–Kier alpha value is -1.73. The summed E-state index contributed by atoms with van der Waals surface area (Å²) in [6.45, 7) is 6.92. The van der Waals surface area contributed by atoms with Crippen molar-refractivity contribution in [3.05, 3.63) is 70.7 Å². The van der Waals surface area contributed by atoms with Crippen molar-refractivity contribution in [1.29, 1.82) is 0 Å². The maximum absolute atomic E-state index is 13.9. The predicted molar refractivity (Wildman–Crippen MR) is 137 cm³/mol. The number of halogens is 2. The van der Waals surface area contributed by atoms with Crippen LogP contribution in [0.15, 0.2) is 54.6 Å². The van der Waals surface area contributed by atoms with Crippen LogP contribution in [0.25, 0.3) is 0 Å². The molecule has 0 N–H and O–H groups in total. The zero-order chi connectivity index (χ0) is 24.5. The molecule has 4 saturated heterocycles. The number of esters is 1. The van der Waals surface area contributed by atoms with Crippen LogP contribution in [0, 0.1) is 5.92 Å². The number of Topliss-reactive ketones (excluding diaryl/α,β-unsaturated/α-hetero) is 1. The fraction of sp³-hybridized carbons (Fsp3) is 0.517. The topological polar surface area (TPSA) is 46.6 Å². The van der Waals surface area contributed by atoms with Crippen LogP contribution in [-0.2, 0) is 15.1 Å². The lowest BCUT2D eigenvalue weighted by atomic mass is 9.82. The summed E-state index contributed by atoms with van der Waals surface area (Å²) in [4.78, 5) is 29.4. The van der Waals surface area contributed by atoms with Gasteiger partial charge in [-0.15, -0.1) is 0 Å². The Morgan fingerprint density at radius 1 is 1.03 bits per heavy atom. The van der Waals surface area contributed by atoms with Crippen LogP contribution in [0.4, 0.5) is 0 Å². The number of hydrogen-bond acceptors (Lipinski definition) is 4. The van der Waals surface area contributed by atoms with E-state index in [1.54, 1.807) is 12.1 Å². The number of fused-ring (bicyclic) bond motifs is 3. The van der Waals surface area contributed by atoms with Gasteiger partial charge in [0.05, 0.1) is 13.1 Å². The zero-order valence-electron chi connectivity index (χ0n) is 21.0. The Morgan fingerprint density at radius 3 is 2.39 bits per heavy atom. The molecule has 5 nitrogen and oxygen atoms in total. The van der Waals surface area contributed by atoms with E-state index in [2.05, 4.69) is 4.90 Å². The van der Waals surface area contributed by atoms with Crippen LogP contribution >= 0.6 is 11.6 Å². The van der Waals surface area contributed by atoms with E-state index in [0.717, 1.165) is 57.4 Å². The van der Waals surface area contributed by atoms with Crippen molar-refractivity contribution in [3.63, 3.8) is 0 Å². The number of ketones is 1. The third kappa shape index (κ3) is 5.42. The fourth-order valence-electron chi connectivity index (χ4n) is 6.42. The van der Waals surface area contributed by atoms with E-state index in [-0.39, 0.29) is 34.8 Å². The molecular formula is C29H36BrClN2O3. The first-order valence-electron chi connectivity index (χ1n) is 13.1. The van der Waals surface area contributed by atoms with E-state index in [9.17, 15) is 9.59 Å². The number of nitrogens with zero attached hydrogens (tertiary/aromatic N) is 2. The second-order valence-corrected chi connectivity index (χ2v) is 11.3. The van der Waals surface area contributed by atoms with Gasteiger partial charge in [0.1, 0.15) is 18.6 Å². The summed E-state index contributed by atoms with van der Waals surface area (Å²) in [7, 11) is 0. The van der Waals surface area contributed by atoms with Gasteiger partial charge in [0.25, 0.3) is 0 Å². The summed E-state index contributed by atoms with van der Waals surface area (Å²) in [6.07, 6.45) is 5.26. The van der Waals surface area contributed by atoms with Crippen molar-refractivity contribution < 1.29 is 35.8 Å². The largest absolute Gasteiger partial charge is 1.00 e. The van der Waals surface area contributed by atoms with E-state index in [0.29, 0.717) is 34.1 Å². The monoisotopic (exact) mass is 574 g/mol. The smallest absolute Gasteiger partial charge is 0.331 e. The standard InChI is InChI=1S/C29H36ClN2O3.BrH/c1-29(24-10-4-2-5-11-24,31-15-6-3-7-16-31)28(34)35-27-21-32(17-13-22(27)14-18-32)20-26(33)23-9-8-12-25(30)19-23;/h2,4-5,8-12,19,22,27H,3,6-7,13-18,20-21H2,1H3;1H/q+1;/p-1/t22?,27-,29-,32?;/m0./s1. The van der Waals surface area contributed by atoms with Gasteiger partial charge < -0.3 is 26.2 Å². The quantitative estimate of drug-likeness (QED) is 0.288. The molecule has 0 spiro atoms. The molecule has 4 aliphatic rings. The van der Waals surface area contributed by atoms with Crippen molar-refractivity contribution in [2.45, 2.75) is 50.7 Å². The lowest BCUT2D eigenvalue weighted by Gasteiger charge is -2.52. The minimum absolute atomic E-state index is 0. The number of benzene rings is 2. The van der Waals surface area contributed by atoms with Gasteiger partial charge in [0.2, 0.25) is 5.78 Å². The van der Waals surface area contributed by atoms with Crippen LogP contribution in [0.2, 0.25) is 5.02 Å². The molecule has 194 valence electrons. The predicted octanol–water partition coefficient (Wildman–Crippen LogP) is 2.08. The van der Waals surface area contributed by atoms with Crippen LogP contribution in [0.5, 0.6) is 0 Å². The molecular weight excluding hydrogens is 540 g/mol. The van der Waals surface area contributed by atoms with Gasteiger partial charge in [-0.1, -0.05) is 60.5 Å². The average Bonchev–Trinajstić information content (AvgIpc) is 2.89. The number of likely N-dealkylation sites (tertiary alicyclic amines) is 1. The van der Waals surface area contributed by atoms with E-state index in [1.807, 2.05) is 49.4 Å². The first kappa shape index (κ1) is 27.3. The van der Waals surface area contributed by atoms with Gasteiger partial charge in [-0.2, -0.15) is 0 Å². The van der Waals surface area contributed by atoms with Crippen LogP contribution in [0.1, 0.15) is 54.9 Å². The highest BCUT2D eigenvalue weighted by Crippen LogP contribution is 2.39. The molecule has 7 heteroatoms. The van der Waals surface area contributed by atoms with Crippen LogP contribution in [0.3, 0.4) is 0 Å². The SMILES string of the molecule is C[C@@](C(=O)O[C@H]1C[N+]2(CC(=O)c3cccc(Cl)c3)CCC1CC2)(c1ccccc1)N1CCCCC1.[Br-]. The number of hydrogen-bond donors (Lipinski definition) is 0. The maximum atomic E-state index is 13.9. The summed E-state index contributed by atoms with van der Waals surface area (Å²) in [5.74, 6) is 0.339. The molecule has 2 aromatic carbocycles. The maximum Gasteiger partial charge on any atom is 0.331 e. The summed E-state index contributed by atoms with van der Waals surface area (Å²) in [6, 6.07) is 17.3. The molecule has 2 bridgehead atoms. The Balaban J connectivity index is 0.00000304. The first-order chi connectivity index (χ1) is 16.9. The lowest BCUT2D eigenvalue weighted by molar-refractivity contribution is -0.938. The fourth-order valence-corrected chi connectivity index (χ4v) is 6.61. The van der Waals surface area contributed by atoms with E-state index in [1.165, 1.54) is 6.42 Å². The number of quaternary nitrogens is 1. The Bertz CT molecular complexity index is 1070. The Morgan fingerprint density at radius 2 is 1.72 bits per heavy atom. The summed E-state index contributed by atoms with van der Waals surface area (Å²) in [5, 5.41) is 0.581. The molecule has 2 atom stereocenters. The molecule has 4 aliphatic heterocycles. The van der Waals surface area contributed by atoms with Gasteiger partial charge in [0, 0.05) is 29.3 Å². The molecule has 2 aromatic rings. The van der Waals surface area contributed by atoms with Crippen molar-refractivity contribution in [1.82, 2.24) is 4.90 Å². The highest BCUT2D eigenvalue weighted by molar-refractivity contribution is 6.31. The van der Waals surface area contributed by atoms with Gasteiger partial charge in [0.15, 0.2) is 6.10 Å². The Labute approximate surface area is 230 Å². The number of piperidine rings is 4. The lowest BCUT2D eigenvalue weighted by Crippen LogP contribution is -3.00. The highest BCUT2D eigenvalue weighted by atomic mass is 79.9.